The Morgan fingerprint density at radius 1 is 1.29 bits per heavy atom. The molecular formula is C19H22F3N5O. The van der Waals surface area contributed by atoms with Gasteiger partial charge in [0.05, 0.1) is 5.56 Å². The van der Waals surface area contributed by atoms with E-state index in [9.17, 15) is 18.0 Å². The maximum absolute atomic E-state index is 13.4. The van der Waals surface area contributed by atoms with Crippen molar-refractivity contribution >= 4 is 5.91 Å². The first-order valence-electron chi connectivity index (χ1n) is 9.40. The molecule has 0 aromatic carbocycles. The summed E-state index contributed by atoms with van der Waals surface area (Å²) >= 11 is 0. The van der Waals surface area contributed by atoms with Crippen LogP contribution in [0.4, 0.5) is 13.2 Å². The zero-order valence-electron chi connectivity index (χ0n) is 15.7. The highest BCUT2D eigenvalue weighted by Gasteiger charge is 2.54. The highest BCUT2D eigenvalue weighted by atomic mass is 19.4. The first-order valence-corrected chi connectivity index (χ1v) is 9.40. The quantitative estimate of drug-likeness (QED) is 0.863. The Balaban J connectivity index is 1.53. The smallest absolute Gasteiger partial charge is 0.352 e. The fourth-order valence-corrected chi connectivity index (χ4v) is 4.79. The van der Waals surface area contributed by atoms with Gasteiger partial charge in [-0.25, -0.2) is 14.6 Å². The molecule has 3 saturated carbocycles. The molecule has 2 bridgehead atoms. The van der Waals surface area contributed by atoms with Crippen molar-refractivity contribution in [1.29, 1.82) is 0 Å². The van der Waals surface area contributed by atoms with Crippen LogP contribution in [0.5, 0.6) is 0 Å². The van der Waals surface area contributed by atoms with E-state index in [1.807, 2.05) is 0 Å². The number of nitrogens with one attached hydrogen (secondary N) is 1. The van der Waals surface area contributed by atoms with Gasteiger partial charge < -0.3 is 5.32 Å². The lowest BCUT2D eigenvalue weighted by atomic mass is 9.45. The van der Waals surface area contributed by atoms with Gasteiger partial charge in [-0.15, -0.1) is 0 Å². The number of fused-ring (bicyclic) bond motifs is 2. The van der Waals surface area contributed by atoms with Crippen molar-refractivity contribution in [2.45, 2.75) is 39.3 Å². The highest BCUT2D eigenvalue weighted by Crippen LogP contribution is 2.61. The number of nitrogens with zero attached hydrogens (tertiary/aromatic N) is 4. The number of rotatable bonds is 4. The predicted molar refractivity (Wildman–Crippen MR) is 94.6 cm³/mol. The van der Waals surface area contributed by atoms with Crippen LogP contribution in [0.1, 0.15) is 49.2 Å². The van der Waals surface area contributed by atoms with E-state index in [4.69, 9.17) is 0 Å². The lowest BCUT2D eigenvalue weighted by molar-refractivity contribution is -0.141. The summed E-state index contributed by atoms with van der Waals surface area (Å²) in [6.45, 7) is 4.86. The van der Waals surface area contributed by atoms with Gasteiger partial charge >= 0.3 is 6.18 Å². The molecule has 2 unspecified atom stereocenters. The standard InChI is InChI=1S/C19H22F3N5O/c1-18(2)12-5-4-11(14(18)8-12)9-25-16(28)13-10-27(17-23-6-3-7-24-17)26-15(13)19(20,21)22/h3,6-7,10-12,14H,4-5,8-9H2,1-2H3,(H,25,28)/t11-,12?,14?/m0/s1. The Morgan fingerprint density at radius 3 is 2.61 bits per heavy atom. The molecule has 28 heavy (non-hydrogen) atoms. The van der Waals surface area contributed by atoms with Gasteiger partial charge in [-0.1, -0.05) is 13.8 Å². The number of amides is 1. The summed E-state index contributed by atoms with van der Waals surface area (Å²) in [5, 5.41) is 6.22. The summed E-state index contributed by atoms with van der Waals surface area (Å²) in [5.41, 5.74) is -1.49. The monoisotopic (exact) mass is 393 g/mol. The Kier molecular flexibility index (Phi) is 4.43. The van der Waals surface area contributed by atoms with E-state index in [0.29, 0.717) is 18.4 Å². The molecule has 150 valence electrons. The van der Waals surface area contributed by atoms with Crippen LogP contribution in [0.25, 0.3) is 5.95 Å². The number of carbonyl (C=O) groups excluding carboxylic acids is 1. The normalized spacial score (nSPS) is 25.8. The summed E-state index contributed by atoms with van der Waals surface area (Å²) < 4.78 is 41.1. The van der Waals surface area contributed by atoms with Crippen molar-refractivity contribution in [3.8, 4) is 5.95 Å². The van der Waals surface area contributed by atoms with Crippen LogP contribution in [-0.4, -0.2) is 32.2 Å². The third kappa shape index (κ3) is 3.16. The molecule has 0 radical (unpaired) electrons. The van der Waals surface area contributed by atoms with Crippen molar-refractivity contribution in [2.75, 3.05) is 6.54 Å². The molecule has 3 aliphatic carbocycles. The molecular weight excluding hydrogens is 371 g/mol. The number of carbonyl (C=O) groups is 1. The molecule has 9 heteroatoms. The molecule has 1 amide bonds. The molecule has 2 aromatic heterocycles. The Labute approximate surface area is 160 Å². The summed E-state index contributed by atoms with van der Waals surface area (Å²) in [6.07, 6.45) is 2.34. The minimum absolute atomic E-state index is 0.0263. The van der Waals surface area contributed by atoms with Crippen LogP contribution in [0.3, 0.4) is 0 Å². The molecule has 3 fully saturated rings. The van der Waals surface area contributed by atoms with Crippen LogP contribution in [-0.2, 0) is 6.18 Å². The van der Waals surface area contributed by atoms with Gasteiger partial charge in [0.25, 0.3) is 5.91 Å². The molecule has 2 aromatic rings. The zero-order valence-corrected chi connectivity index (χ0v) is 15.7. The third-order valence-electron chi connectivity index (χ3n) is 6.51. The van der Waals surface area contributed by atoms with Crippen molar-refractivity contribution < 1.29 is 18.0 Å². The highest BCUT2D eigenvalue weighted by molar-refractivity contribution is 5.95. The van der Waals surface area contributed by atoms with Crippen molar-refractivity contribution in [1.82, 2.24) is 25.1 Å². The Hall–Kier alpha value is -2.45. The van der Waals surface area contributed by atoms with Gasteiger partial charge in [0, 0.05) is 25.1 Å². The van der Waals surface area contributed by atoms with Crippen LogP contribution in [0.15, 0.2) is 24.7 Å². The minimum Gasteiger partial charge on any atom is -0.352 e. The number of halogens is 3. The number of hydrogen-bond acceptors (Lipinski definition) is 4. The third-order valence-corrected chi connectivity index (χ3v) is 6.51. The van der Waals surface area contributed by atoms with E-state index in [-0.39, 0.29) is 11.4 Å². The van der Waals surface area contributed by atoms with Gasteiger partial charge in [-0.05, 0) is 48.5 Å². The molecule has 5 rings (SSSR count). The molecule has 0 saturated heterocycles. The number of alkyl halides is 3. The molecule has 1 N–H and O–H groups in total. The predicted octanol–water partition coefficient (Wildman–Crippen LogP) is 3.48. The van der Waals surface area contributed by atoms with E-state index in [1.54, 1.807) is 6.07 Å². The van der Waals surface area contributed by atoms with Crippen molar-refractivity contribution in [3.05, 3.63) is 35.9 Å². The van der Waals surface area contributed by atoms with E-state index >= 15 is 0 Å². The maximum Gasteiger partial charge on any atom is 0.435 e. The fourth-order valence-electron chi connectivity index (χ4n) is 4.79. The first-order chi connectivity index (χ1) is 13.2. The van der Waals surface area contributed by atoms with Gasteiger partial charge in [-0.3, -0.25) is 4.79 Å². The van der Waals surface area contributed by atoms with E-state index in [0.717, 1.165) is 36.1 Å². The Morgan fingerprint density at radius 2 is 2.00 bits per heavy atom. The fraction of sp³-hybridized carbons (Fsp3) is 0.579. The second-order valence-electron chi connectivity index (χ2n) is 8.29. The molecule has 2 heterocycles. The second-order valence-corrected chi connectivity index (χ2v) is 8.29. The van der Waals surface area contributed by atoms with Crippen LogP contribution in [0.2, 0.25) is 0 Å². The molecule has 3 atom stereocenters. The van der Waals surface area contributed by atoms with Crippen LogP contribution in [0, 0.1) is 23.2 Å². The second kappa shape index (κ2) is 6.56. The summed E-state index contributed by atoms with van der Waals surface area (Å²) in [7, 11) is 0. The SMILES string of the molecule is CC1(C)C2CC[C@@H](CNC(=O)c3cn(-c4ncccn4)nc3C(F)(F)F)C1C2. The lowest BCUT2D eigenvalue weighted by Gasteiger charge is -2.60. The van der Waals surface area contributed by atoms with Gasteiger partial charge in [-0.2, -0.15) is 18.3 Å². The average Bonchev–Trinajstić information content (AvgIpc) is 3.13. The van der Waals surface area contributed by atoms with E-state index in [1.165, 1.54) is 12.4 Å². The molecule has 0 aliphatic heterocycles. The Bertz CT molecular complexity index is 875. The number of aromatic nitrogens is 4. The number of hydrogen-bond donors (Lipinski definition) is 1. The van der Waals surface area contributed by atoms with Gasteiger partial charge in [0.1, 0.15) is 0 Å². The van der Waals surface area contributed by atoms with Crippen LogP contribution < -0.4 is 5.32 Å². The van der Waals surface area contributed by atoms with Gasteiger partial charge in [0.2, 0.25) is 5.95 Å². The van der Waals surface area contributed by atoms with Crippen molar-refractivity contribution in [3.63, 3.8) is 0 Å². The molecule has 6 nitrogen and oxygen atoms in total. The lowest BCUT2D eigenvalue weighted by Crippen LogP contribution is -2.54. The molecule has 3 aliphatic rings. The molecule has 0 spiro atoms. The average molecular weight is 393 g/mol. The van der Waals surface area contributed by atoms with Gasteiger partial charge in [0.15, 0.2) is 5.69 Å². The largest absolute Gasteiger partial charge is 0.435 e. The van der Waals surface area contributed by atoms with Crippen LogP contribution >= 0.6 is 0 Å². The van der Waals surface area contributed by atoms with Crippen molar-refractivity contribution in [2.24, 2.45) is 23.2 Å². The first kappa shape index (κ1) is 18.9. The maximum atomic E-state index is 13.4. The van der Waals surface area contributed by atoms with E-state index < -0.39 is 23.3 Å². The van der Waals surface area contributed by atoms with E-state index in [2.05, 4.69) is 34.2 Å². The summed E-state index contributed by atoms with van der Waals surface area (Å²) in [6, 6.07) is 1.54. The summed E-state index contributed by atoms with van der Waals surface area (Å²) in [5.74, 6) is 0.737. The zero-order chi connectivity index (χ0) is 20.1. The summed E-state index contributed by atoms with van der Waals surface area (Å²) in [4.78, 5) is 20.3. The topological polar surface area (TPSA) is 72.7 Å². The minimum atomic E-state index is -4.75.